The molecule has 3 rings (SSSR count). The Morgan fingerprint density at radius 2 is 1.97 bits per heavy atom. The van der Waals surface area contributed by atoms with Gasteiger partial charge in [-0.2, -0.15) is 13.2 Å². The van der Waals surface area contributed by atoms with Crippen molar-refractivity contribution in [3.05, 3.63) is 70.7 Å². The van der Waals surface area contributed by atoms with Gasteiger partial charge >= 0.3 is 18.2 Å². The number of hydrogen-bond acceptors (Lipinski definition) is 5. The van der Waals surface area contributed by atoms with Crippen molar-refractivity contribution in [2.24, 2.45) is 5.73 Å². The quantitative estimate of drug-likeness (QED) is 0.681. The number of rotatable bonds is 5. The van der Waals surface area contributed by atoms with Crippen molar-refractivity contribution >= 4 is 23.6 Å². The number of ether oxygens (including phenoxy) is 1. The molecule has 3 amide bonds. The number of esters is 1. The SMILES string of the molecule is CCC1=C(C(=O)OC)C(c2ccc(C(N)=O)nc2)NC(=O)N1c1cccc(C(F)(F)F)c1. The average Bonchev–Trinajstić information content (AvgIpc) is 2.77. The van der Waals surface area contributed by atoms with Gasteiger partial charge < -0.3 is 15.8 Å². The molecule has 0 saturated carbocycles. The number of benzene rings is 1. The molecule has 168 valence electrons. The Morgan fingerprint density at radius 3 is 2.50 bits per heavy atom. The van der Waals surface area contributed by atoms with Gasteiger partial charge in [-0.15, -0.1) is 0 Å². The molecule has 3 N–H and O–H groups in total. The van der Waals surface area contributed by atoms with E-state index in [1.807, 2.05) is 0 Å². The molecule has 0 aliphatic carbocycles. The molecule has 0 saturated heterocycles. The lowest BCUT2D eigenvalue weighted by Crippen LogP contribution is -2.48. The number of pyridine rings is 1. The van der Waals surface area contributed by atoms with Crippen LogP contribution in [0.5, 0.6) is 0 Å². The highest BCUT2D eigenvalue weighted by Crippen LogP contribution is 2.37. The molecule has 1 aliphatic heterocycles. The van der Waals surface area contributed by atoms with Gasteiger partial charge in [0.25, 0.3) is 5.91 Å². The molecule has 32 heavy (non-hydrogen) atoms. The zero-order valence-electron chi connectivity index (χ0n) is 17.1. The third-order valence-electron chi connectivity index (χ3n) is 4.88. The molecular formula is C21H19F3N4O4. The zero-order chi connectivity index (χ0) is 23.6. The van der Waals surface area contributed by atoms with Crippen LogP contribution in [0.2, 0.25) is 0 Å². The second kappa shape index (κ2) is 8.69. The van der Waals surface area contributed by atoms with E-state index in [0.717, 1.165) is 24.1 Å². The number of nitrogens with one attached hydrogen (secondary N) is 1. The molecular weight excluding hydrogens is 429 g/mol. The summed E-state index contributed by atoms with van der Waals surface area (Å²) in [6.07, 6.45) is -3.20. The molecule has 0 radical (unpaired) electrons. The van der Waals surface area contributed by atoms with Crippen LogP contribution in [0.25, 0.3) is 0 Å². The fourth-order valence-electron chi connectivity index (χ4n) is 3.43. The number of primary amides is 1. The first kappa shape index (κ1) is 22.8. The highest BCUT2D eigenvalue weighted by Gasteiger charge is 2.39. The van der Waals surface area contributed by atoms with Gasteiger partial charge in [0.15, 0.2) is 0 Å². The van der Waals surface area contributed by atoms with Crippen LogP contribution in [-0.4, -0.2) is 30.0 Å². The summed E-state index contributed by atoms with van der Waals surface area (Å²) >= 11 is 0. The lowest BCUT2D eigenvalue weighted by Gasteiger charge is -2.36. The number of aromatic nitrogens is 1. The van der Waals surface area contributed by atoms with Gasteiger partial charge in [0.05, 0.1) is 30.0 Å². The number of carbonyl (C=O) groups is 3. The standard InChI is InChI=1S/C21H19F3N4O4/c1-3-15-16(19(30)32-2)17(11-7-8-14(18(25)29)26-10-11)27-20(31)28(15)13-6-4-5-12(9-13)21(22,23)24/h4-10,17H,3H2,1-2H3,(H2,25,29)(H,27,31). The predicted octanol–water partition coefficient (Wildman–Crippen LogP) is 3.31. The number of amides is 3. The number of halogens is 3. The summed E-state index contributed by atoms with van der Waals surface area (Å²) in [5.74, 6) is -1.53. The number of carbonyl (C=O) groups excluding carboxylic acids is 3. The van der Waals surface area contributed by atoms with Crippen molar-refractivity contribution in [2.45, 2.75) is 25.6 Å². The number of methoxy groups -OCH3 is 1. The molecule has 0 bridgehead atoms. The second-order valence-corrected chi connectivity index (χ2v) is 6.81. The highest BCUT2D eigenvalue weighted by atomic mass is 19.4. The van der Waals surface area contributed by atoms with Crippen LogP contribution in [0.3, 0.4) is 0 Å². The fraction of sp³-hybridized carbons (Fsp3) is 0.238. The van der Waals surface area contributed by atoms with Crippen LogP contribution in [0.4, 0.5) is 23.7 Å². The minimum Gasteiger partial charge on any atom is -0.466 e. The summed E-state index contributed by atoms with van der Waals surface area (Å²) in [5, 5.41) is 2.61. The van der Waals surface area contributed by atoms with Crippen LogP contribution in [0.15, 0.2) is 53.9 Å². The Morgan fingerprint density at radius 1 is 1.25 bits per heavy atom. The van der Waals surface area contributed by atoms with E-state index in [1.165, 1.54) is 30.5 Å². The van der Waals surface area contributed by atoms with Crippen LogP contribution < -0.4 is 16.0 Å². The highest BCUT2D eigenvalue weighted by molar-refractivity contribution is 6.03. The van der Waals surface area contributed by atoms with Crippen molar-refractivity contribution in [1.29, 1.82) is 0 Å². The molecule has 1 atom stereocenters. The molecule has 0 fully saturated rings. The van der Waals surface area contributed by atoms with E-state index in [0.29, 0.717) is 5.56 Å². The predicted molar refractivity (Wildman–Crippen MR) is 107 cm³/mol. The van der Waals surface area contributed by atoms with E-state index < -0.39 is 35.7 Å². The third-order valence-corrected chi connectivity index (χ3v) is 4.88. The topological polar surface area (TPSA) is 115 Å². The smallest absolute Gasteiger partial charge is 0.416 e. The normalized spacial score (nSPS) is 16.6. The van der Waals surface area contributed by atoms with Gasteiger partial charge in [-0.25, -0.2) is 9.59 Å². The third kappa shape index (κ3) is 4.27. The van der Waals surface area contributed by atoms with E-state index >= 15 is 0 Å². The maximum absolute atomic E-state index is 13.2. The summed E-state index contributed by atoms with van der Waals surface area (Å²) in [5.41, 5.74) is 4.74. The Labute approximate surface area is 180 Å². The number of nitrogens with two attached hydrogens (primary N) is 1. The monoisotopic (exact) mass is 448 g/mol. The molecule has 1 aliphatic rings. The van der Waals surface area contributed by atoms with Gasteiger partial charge in [0, 0.05) is 11.9 Å². The Bertz CT molecular complexity index is 1100. The number of alkyl halides is 3. The number of urea groups is 1. The van der Waals surface area contributed by atoms with Gasteiger partial charge in [-0.05, 0) is 36.2 Å². The fourth-order valence-corrected chi connectivity index (χ4v) is 3.43. The first-order chi connectivity index (χ1) is 15.1. The molecule has 8 nitrogen and oxygen atoms in total. The maximum Gasteiger partial charge on any atom is 0.416 e. The Kier molecular flexibility index (Phi) is 6.19. The van der Waals surface area contributed by atoms with Crippen molar-refractivity contribution in [1.82, 2.24) is 10.3 Å². The van der Waals surface area contributed by atoms with Crippen molar-refractivity contribution in [3.8, 4) is 0 Å². The van der Waals surface area contributed by atoms with E-state index in [1.54, 1.807) is 6.92 Å². The summed E-state index contributed by atoms with van der Waals surface area (Å²) in [7, 11) is 1.15. The van der Waals surface area contributed by atoms with E-state index in [4.69, 9.17) is 10.5 Å². The van der Waals surface area contributed by atoms with Gasteiger partial charge in [-0.1, -0.05) is 19.1 Å². The summed E-state index contributed by atoms with van der Waals surface area (Å²) < 4.78 is 44.5. The molecule has 1 aromatic heterocycles. The summed E-state index contributed by atoms with van der Waals surface area (Å²) in [6, 6.07) is 5.29. The van der Waals surface area contributed by atoms with Gasteiger partial charge in [0.1, 0.15) is 5.69 Å². The number of anilines is 1. The van der Waals surface area contributed by atoms with E-state index in [2.05, 4.69) is 10.3 Å². The minimum atomic E-state index is -4.61. The first-order valence-corrected chi connectivity index (χ1v) is 9.43. The molecule has 2 aromatic rings. The van der Waals surface area contributed by atoms with Crippen LogP contribution >= 0.6 is 0 Å². The average molecular weight is 448 g/mol. The van der Waals surface area contributed by atoms with Gasteiger partial charge in [0.2, 0.25) is 0 Å². The lowest BCUT2D eigenvalue weighted by atomic mass is 9.94. The number of nitrogens with zero attached hydrogens (tertiary/aromatic N) is 2. The zero-order valence-corrected chi connectivity index (χ0v) is 17.1. The molecule has 0 spiro atoms. The molecule has 1 unspecified atom stereocenters. The summed E-state index contributed by atoms with van der Waals surface area (Å²) in [4.78, 5) is 41.9. The minimum absolute atomic E-state index is 0.0132. The van der Waals surface area contributed by atoms with E-state index in [-0.39, 0.29) is 29.1 Å². The number of hydrogen-bond donors (Lipinski definition) is 2. The molecule has 2 heterocycles. The first-order valence-electron chi connectivity index (χ1n) is 9.43. The lowest BCUT2D eigenvalue weighted by molar-refractivity contribution is -0.138. The Hall–Kier alpha value is -3.89. The van der Waals surface area contributed by atoms with Crippen LogP contribution in [-0.2, 0) is 15.7 Å². The molecule has 11 heteroatoms. The van der Waals surface area contributed by atoms with Crippen molar-refractivity contribution < 1.29 is 32.3 Å². The Balaban J connectivity index is 2.16. The maximum atomic E-state index is 13.2. The van der Waals surface area contributed by atoms with Crippen molar-refractivity contribution in [2.75, 3.05) is 12.0 Å². The second-order valence-electron chi connectivity index (χ2n) is 6.81. The van der Waals surface area contributed by atoms with Crippen LogP contribution in [0.1, 0.15) is 41.0 Å². The van der Waals surface area contributed by atoms with Gasteiger partial charge in [-0.3, -0.25) is 14.7 Å². The van der Waals surface area contributed by atoms with Crippen LogP contribution in [0, 0.1) is 0 Å². The summed E-state index contributed by atoms with van der Waals surface area (Å²) in [6.45, 7) is 1.66. The largest absolute Gasteiger partial charge is 0.466 e. The number of allylic oxidation sites excluding steroid dienone is 1. The van der Waals surface area contributed by atoms with E-state index in [9.17, 15) is 27.6 Å². The van der Waals surface area contributed by atoms with Crippen molar-refractivity contribution in [3.63, 3.8) is 0 Å². The molecule has 1 aromatic carbocycles.